The normalized spacial score (nSPS) is 18.9. The average Bonchev–Trinajstić information content (AvgIpc) is 3.09. The maximum absolute atomic E-state index is 12.5. The van der Waals surface area contributed by atoms with E-state index < -0.39 is 5.54 Å². The lowest BCUT2D eigenvalue weighted by Crippen LogP contribution is -2.61. The first-order valence-corrected chi connectivity index (χ1v) is 7.86. The Balaban J connectivity index is 2.83. The molecule has 0 bridgehead atoms. The van der Waals surface area contributed by atoms with Gasteiger partial charge in [0.05, 0.1) is 6.61 Å². The van der Waals surface area contributed by atoms with E-state index in [1.54, 1.807) is 0 Å². The molecule has 0 saturated heterocycles. The van der Waals surface area contributed by atoms with Gasteiger partial charge in [-0.05, 0) is 44.7 Å². The molecule has 0 heterocycles. The van der Waals surface area contributed by atoms with Crippen molar-refractivity contribution in [2.45, 2.75) is 53.0 Å². The van der Waals surface area contributed by atoms with E-state index in [0.717, 1.165) is 32.5 Å². The number of esters is 1. The van der Waals surface area contributed by atoms with Crippen LogP contribution in [0.25, 0.3) is 0 Å². The molecule has 0 aliphatic heterocycles. The molecule has 1 N–H and O–H groups in total. The number of nitrogens with one attached hydrogen (secondary N) is 1. The number of carbonyl (C=O) groups excluding carboxylic acids is 1. The van der Waals surface area contributed by atoms with Crippen LogP contribution >= 0.6 is 0 Å². The quantitative estimate of drug-likeness (QED) is 0.694. The molecule has 1 atom stereocenters. The molecule has 1 aliphatic rings. The number of nitrogens with zero attached hydrogens (tertiary/aromatic N) is 1. The minimum atomic E-state index is -0.523. The topological polar surface area (TPSA) is 41.6 Å². The molecule has 20 heavy (non-hydrogen) atoms. The second-order valence-corrected chi connectivity index (χ2v) is 7.23. The molecular weight excluding hydrogens is 252 g/mol. The van der Waals surface area contributed by atoms with Gasteiger partial charge in [0.25, 0.3) is 0 Å². The highest BCUT2D eigenvalue weighted by atomic mass is 16.5. The summed E-state index contributed by atoms with van der Waals surface area (Å²) in [5.41, 5.74) is -0.296. The van der Waals surface area contributed by atoms with Crippen LogP contribution in [0.3, 0.4) is 0 Å². The Morgan fingerprint density at radius 2 is 1.85 bits per heavy atom. The van der Waals surface area contributed by atoms with Gasteiger partial charge in [0.15, 0.2) is 0 Å². The number of carbonyl (C=O) groups is 1. The third-order valence-electron chi connectivity index (χ3n) is 3.67. The van der Waals surface area contributed by atoms with Gasteiger partial charge in [-0.3, -0.25) is 0 Å². The largest absolute Gasteiger partial charge is 0.465 e. The first-order chi connectivity index (χ1) is 9.25. The molecule has 0 aromatic carbocycles. The lowest BCUT2D eigenvalue weighted by Gasteiger charge is -2.38. The lowest BCUT2D eigenvalue weighted by atomic mass is 9.90. The first-order valence-electron chi connectivity index (χ1n) is 7.86. The molecular formula is C16H32N2O2. The predicted octanol–water partition coefficient (Wildman–Crippen LogP) is 2.29. The van der Waals surface area contributed by atoms with Crippen LogP contribution in [0, 0.1) is 11.3 Å². The van der Waals surface area contributed by atoms with Gasteiger partial charge in [-0.2, -0.15) is 0 Å². The highest BCUT2D eigenvalue weighted by Crippen LogP contribution is 2.41. The van der Waals surface area contributed by atoms with E-state index in [9.17, 15) is 4.79 Å². The Morgan fingerprint density at radius 1 is 1.25 bits per heavy atom. The van der Waals surface area contributed by atoms with Gasteiger partial charge in [-0.1, -0.05) is 27.7 Å². The molecule has 0 amide bonds. The van der Waals surface area contributed by atoms with Crippen molar-refractivity contribution in [3.63, 3.8) is 0 Å². The van der Waals surface area contributed by atoms with Crippen molar-refractivity contribution in [1.82, 2.24) is 10.2 Å². The van der Waals surface area contributed by atoms with E-state index in [2.05, 4.69) is 45.0 Å². The summed E-state index contributed by atoms with van der Waals surface area (Å²) in [7, 11) is 2.10. The summed E-state index contributed by atoms with van der Waals surface area (Å²) in [4.78, 5) is 14.8. The minimum absolute atomic E-state index is 0.0786. The van der Waals surface area contributed by atoms with Crippen molar-refractivity contribution in [1.29, 1.82) is 0 Å². The highest BCUT2D eigenvalue weighted by Gasteiger charge is 2.52. The van der Waals surface area contributed by atoms with Gasteiger partial charge in [0.2, 0.25) is 0 Å². The van der Waals surface area contributed by atoms with Crippen molar-refractivity contribution in [2.75, 3.05) is 33.3 Å². The van der Waals surface area contributed by atoms with E-state index in [0.29, 0.717) is 12.5 Å². The van der Waals surface area contributed by atoms with E-state index in [-0.39, 0.29) is 11.4 Å². The summed E-state index contributed by atoms with van der Waals surface area (Å²) in [6, 6.07) is 0. The van der Waals surface area contributed by atoms with E-state index in [4.69, 9.17) is 4.74 Å². The third-order valence-corrected chi connectivity index (χ3v) is 3.67. The van der Waals surface area contributed by atoms with E-state index >= 15 is 0 Å². The van der Waals surface area contributed by atoms with Gasteiger partial charge < -0.3 is 15.0 Å². The SMILES string of the molecule is CCNC(CN(C)CC(C)(C)C)(C(=O)OCC)C1CC1. The molecule has 1 rings (SSSR count). The second-order valence-electron chi connectivity index (χ2n) is 7.23. The Hall–Kier alpha value is -0.610. The van der Waals surface area contributed by atoms with Crippen molar-refractivity contribution in [3.8, 4) is 0 Å². The Bertz CT molecular complexity index is 321. The summed E-state index contributed by atoms with van der Waals surface area (Å²) >= 11 is 0. The molecule has 0 aromatic rings. The van der Waals surface area contributed by atoms with Crippen LogP contribution in [0.4, 0.5) is 0 Å². The van der Waals surface area contributed by atoms with Crippen molar-refractivity contribution >= 4 is 5.97 Å². The van der Waals surface area contributed by atoms with Crippen molar-refractivity contribution in [3.05, 3.63) is 0 Å². The number of hydrogen-bond donors (Lipinski definition) is 1. The van der Waals surface area contributed by atoms with Gasteiger partial charge >= 0.3 is 5.97 Å². The van der Waals surface area contributed by atoms with Crippen LogP contribution in [-0.2, 0) is 9.53 Å². The Kier molecular flexibility index (Phi) is 6.02. The van der Waals surface area contributed by atoms with Gasteiger partial charge in [-0.25, -0.2) is 4.79 Å². The fourth-order valence-electron chi connectivity index (χ4n) is 3.08. The summed E-state index contributed by atoms with van der Waals surface area (Å²) < 4.78 is 5.36. The monoisotopic (exact) mass is 284 g/mol. The van der Waals surface area contributed by atoms with E-state index in [1.807, 2.05) is 6.92 Å². The zero-order valence-electron chi connectivity index (χ0n) is 14.1. The molecule has 1 unspecified atom stereocenters. The maximum Gasteiger partial charge on any atom is 0.327 e. The third kappa shape index (κ3) is 4.74. The number of hydrogen-bond acceptors (Lipinski definition) is 4. The molecule has 4 heteroatoms. The van der Waals surface area contributed by atoms with Crippen LogP contribution in [0.15, 0.2) is 0 Å². The zero-order valence-corrected chi connectivity index (χ0v) is 14.1. The molecule has 118 valence electrons. The molecule has 1 saturated carbocycles. The summed E-state index contributed by atoms with van der Waals surface area (Å²) in [5, 5.41) is 3.44. The molecule has 1 fully saturated rings. The van der Waals surface area contributed by atoms with Crippen LogP contribution < -0.4 is 5.32 Å². The Morgan fingerprint density at radius 3 is 2.25 bits per heavy atom. The fraction of sp³-hybridized carbons (Fsp3) is 0.938. The summed E-state index contributed by atoms with van der Waals surface area (Å²) in [6.07, 6.45) is 2.24. The first kappa shape index (κ1) is 17.4. The van der Waals surface area contributed by atoms with Crippen LogP contribution in [-0.4, -0.2) is 49.7 Å². The molecule has 0 radical (unpaired) electrons. The molecule has 0 aromatic heterocycles. The molecule has 0 spiro atoms. The van der Waals surface area contributed by atoms with Crippen molar-refractivity contribution in [2.24, 2.45) is 11.3 Å². The number of rotatable bonds is 8. The highest BCUT2D eigenvalue weighted by molar-refractivity contribution is 5.82. The van der Waals surface area contributed by atoms with Gasteiger partial charge in [-0.15, -0.1) is 0 Å². The average molecular weight is 284 g/mol. The zero-order chi connectivity index (χ0) is 15.4. The molecule has 4 nitrogen and oxygen atoms in total. The Labute approximate surface area is 124 Å². The van der Waals surface area contributed by atoms with Gasteiger partial charge in [0, 0.05) is 13.1 Å². The van der Waals surface area contributed by atoms with Crippen LogP contribution in [0.5, 0.6) is 0 Å². The van der Waals surface area contributed by atoms with Crippen LogP contribution in [0.1, 0.15) is 47.5 Å². The summed E-state index contributed by atoms with van der Waals surface area (Å²) in [5.74, 6) is 0.342. The second kappa shape index (κ2) is 6.90. The minimum Gasteiger partial charge on any atom is -0.465 e. The van der Waals surface area contributed by atoms with Crippen LogP contribution in [0.2, 0.25) is 0 Å². The number of ether oxygens (including phenoxy) is 1. The smallest absolute Gasteiger partial charge is 0.327 e. The fourth-order valence-corrected chi connectivity index (χ4v) is 3.08. The van der Waals surface area contributed by atoms with Crippen molar-refractivity contribution < 1.29 is 9.53 Å². The standard InChI is InChI=1S/C16H32N2O2/c1-7-17-16(13-9-10-13,14(19)20-8-2)12-18(6)11-15(3,4)5/h13,17H,7-12H2,1-6H3. The maximum atomic E-state index is 12.5. The lowest BCUT2D eigenvalue weighted by molar-refractivity contribution is -0.153. The summed E-state index contributed by atoms with van der Waals surface area (Å²) in [6.45, 7) is 13.5. The predicted molar refractivity (Wildman–Crippen MR) is 82.7 cm³/mol. The van der Waals surface area contributed by atoms with E-state index in [1.165, 1.54) is 0 Å². The molecule has 1 aliphatic carbocycles. The number of likely N-dealkylation sites (N-methyl/N-ethyl adjacent to an activating group) is 2. The van der Waals surface area contributed by atoms with Gasteiger partial charge in [0.1, 0.15) is 5.54 Å².